The largest absolute Gasteiger partial charge is 0.391 e. The van der Waals surface area contributed by atoms with Crippen LogP contribution < -0.4 is 10.6 Å². The highest BCUT2D eigenvalue weighted by atomic mass is 35.7. The predicted molar refractivity (Wildman–Crippen MR) is 133 cm³/mol. The van der Waals surface area contributed by atoms with Gasteiger partial charge in [-0.2, -0.15) is 9.97 Å². The van der Waals surface area contributed by atoms with Crippen LogP contribution in [0.5, 0.6) is 0 Å². The monoisotopic (exact) mass is 500 g/mol. The van der Waals surface area contributed by atoms with Gasteiger partial charge in [-0.25, -0.2) is 13.4 Å². The van der Waals surface area contributed by atoms with Crippen molar-refractivity contribution in [3.05, 3.63) is 66.5 Å². The molecule has 2 aromatic carbocycles. The van der Waals surface area contributed by atoms with Crippen molar-refractivity contribution in [1.29, 1.82) is 0 Å². The first-order chi connectivity index (χ1) is 16.3. The quantitative estimate of drug-likeness (QED) is 0.295. The lowest BCUT2D eigenvalue weighted by molar-refractivity contribution is 0.169. The van der Waals surface area contributed by atoms with Crippen LogP contribution in [0.25, 0.3) is 16.9 Å². The van der Waals surface area contributed by atoms with E-state index in [1.165, 1.54) is 12.1 Å². The van der Waals surface area contributed by atoms with Crippen LogP contribution in [0.3, 0.4) is 0 Å². The molecule has 0 fully saturated rings. The molecular formula is C23H25ClN6O3S. The van der Waals surface area contributed by atoms with Crippen molar-refractivity contribution in [3.8, 4) is 5.69 Å². The van der Waals surface area contributed by atoms with E-state index in [1.54, 1.807) is 30.0 Å². The number of aromatic nitrogens is 4. The van der Waals surface area contributed by atoms with Crippen molar-refractivity contribution in [2.45, 2.75) is 43.9 Å². The zero-order valence-corrected chi connectivity index (χ0v) is 20.3. The zero-order chi connectivity index (χ0) is 24.3. The van der Waals surface area contributed by atoms with Gasteiger partial charge in [-0.15, -0.1) is 0 Å². The number of fused-ring (bicyclic) bond motifs is 1. The van der Waals surface area contributed by atoms with Crippen molar-refractivity contribution in [3.63, 3.8) is 0 Å². The topological polar surface area (TPSA) is 122 Å². The van der Waals surface area contributed by atoms with Crippen molar-refractivity contribution < 1.29 is 13.5 Å². The molecule has 2 heterocycles. The standard InChI is InChI=1S/C23H25ClN6O3S/c1-3-19(15(2)31)27-23-28-21(25-13-16-7-5-4-6-8-16)20-22(29-23)30(14-26-20)17-9-11-18(12-10-17)34(24,32)33/h4-12,14-15,19,31H,3,13H2,1-2H3,(H2,25,27,28,29)/t15-,19+/m1/s1. The van der Waals surface area contributed by atoms with Crippen LogP contribution >= 0.6 is 10.7 Å². The molecule has 4 aromatic rings. The fourth-order valence-electron chi connectivity index (χ4n) is 3.56. The Bertz CT molecular complexity index is 1380. The summed E-state index contributed by atoms with van der Waals surface area (Å²) in [5, 5.41) is 16.6. The van der Waals surface area contributed by atoms with Crippen LogP contribution in [0, 0.1) is 0 Å². The lowest BCUT2D eigenvalue weighted by atomic mass is 10.1. The fourth-order valence-corrected chi connectivity index (χ4v) is 4.33. The van der Waals surface area contributed by atoms with Crippen LogP contribution in [0.4, 0.5) is 11.8 Å². The first kappa shape index (κ1) is 23.9. The Hall–Kier alpha value is -3.21. The summed E-state index contributed by atoms with van der Waals surface area (Å²) in [6.45, 7) is 4.22. The lowest BCUT2D eigenvalue weighted by Gasteiger charge is -2.20. The molecule has 0 bridgehead atoms. The minimum absolute atomic E-state index is 0.00672. The summed E-state index contributed by atoms with van der Waals surface area (Å²) < 4.78 is 24.9. The average molecular weight is 501 g/mol. The molecule has 0 spiro atoms. The Morgan fingerprint density at radius 1 is 1.09 bits per heavy atom. The normalized spacial score (nSPS) is 13.5. The second-order valence-electron chi connectivity index (χ2n) is 7.85. The lowest BCUT2D eigenvalue weighted by Crippen LogP contribution is -2.31. The summed E-state index contributed by atoms with van der Waals surface area (Å²) in [7, 11) is 1.62. The summed E-state index contributed by atoms with van der Waals surface area (Å²) in [6.07, 6.45) is 1.69. The number of benzene rings is 2. The maximum absolute atomic E-state index is 11.6. The Balaban J connectivity index is 1.76. The number of anilines is 2. The van der Waals surface area contributed by atoms with Gasteiger partial charge in [-0.05, 0) is 43.2 Å². The van der Waals surface area contributed by atoms with E-state index < -0.39 is 15.2 Å². The predicted octanol–water partition coefficient (Wildman–Crippen LogP) is 3.93. The van der Waals surface area contributed by atoms with E-state index in [9.17, 15) is 13.5 Å². The fraction of sp³-hybridized carbons (Fsp3) is 0.261. The number of hydrogen-bond acceptors (Lipinski definition) is 8. The average Bonchev–Trinajstić information content (AvgIpc) is 3.25. The molecular weight excluding hydrogens is 476 g/mol. The van der Waals surface area contributed by atoms with Crippen molar-refractivity contribution in [2.24, 2.45) is 0 Å². The van der Waals surface area contributed by atoms with Gasteiger partial charge in [0.15, 0.2) is 17.0 Å². The third-order valence-corrected chi connectivity index (χ3v) is 6.80. The molecule has 9 nitrogen and oxygen atoms in total. The number of imidazole rings is 1. The van der Waals surface area contributed by atoms with Crippen molar-refractivity contribution in [2.75, 3.05) is 10.6 Å². The molecule has 0 aliphatic rings. The molecule has 4 rings (SSSR count). The first-order valence-electron chi connectivity index (χ1n) is 10.8. The molecule has 0 radical (unpaired) electrons. The number of nitrogens with one attached hydrogen (secondary N) is 2. The Labute approximate surface area is 202 Å². The molecule has 2 atom stereocenters. The van der Waals surface area contributed by atoms with Crippen LogP contribution in [-0.4, -0.2) is 45.2 Å². The number of halogens is 1. The molecule has 0 aliphatic heterocycles. The summed E-state index contributed by atoms with van der Waals surface area (Å²) in [5.74, 6) is 0.882. The van der Waals surface area contributed by atoms with E-state index in [4.69, 9.17) is 10.7 Å². The third-order valence-electron chi connectivity index (χ3n) is 5.43. The molecule has 0 saturated carbocycles. The molecule has 3 N–H and O–H groups in total. The van der Waals surface area contributed by atoms with Crippen molar-refractivity contribution in [1.82, 2.24) is 19.5 Å². The summed E-state index contributed by atoms with van der Waals surface area (Å²) in [4.78, 5) is 13.8. The van der Waals surface area contributed by atoms with Gasteiger partial charge in [0.1, 0.15) is 6.33 Å². The smallest absolute Gasteiger partial charge is 0.261 e. The summed E-state index contributed by atoms with van der Waals surface area (Å²) in [5.41, 5.74) is 2.82. The van der Waals surface area contributed by atoms with Gasteiger partial charge in [0.2, 0.25) is 5.95 Å². The highest BCUT2D eigenvalue weighted by Gasteiger charge is 2.19. The van der Waals surface area contributed by atoms with Crippen LogP contribution in [0.2, 0.25) is 0 Å². The Morgan fingerprint density at radius 3 is 2.41 bits per heavy atom. The zero-order valence-electron chi connectivity index (χ0n) is 18.7. The second kappa shape index (κ2) is 9.96. The minimum atomic E-state index is -3.82. The number of rotatable bonds is 9. The molecule has 0 saturated heterocycles. The Morgan fingerprint density at radius 2 is 1.79 bits per heavy atom. The van der Waals surface area contributed by atoms with Crippen LogP contribution in [0.15, 0.2) is 65.8 Å². The number of aliphatic hydroxyl groups is 1. The van der Waals surface area contributed by atoms with E-state index in [-0.39, 0.29) is 10.9 Å². The van der Waals surface area contributed by atoms with E-state index in [0.717, 1.165) is 5.56 Å². The maximum Gasteiger partial charge on any atom is 0.261 e. The molecule has 34 heavy (non-hydrogen) atoms. The highest BCUT2D eigenvalue weighted by Crippen LogP contribution is 2.26. The van der Waals surface area contributed by atoms with E-state index >= 15 is 0 Å². The van der Waals surface area contributed by atoms with E-state index in [1.807, 2.05) is 37.3 Å². The van der Waals surface area contributed by atoms with Gasteiger partial charge in [0.05, 0.1) is 17.0 Å². The van der Waals surface area contributed by atoms with Gasteiger partial charge in [0.25, 0.3) is 9.05 Å². The van der Waals surface area contributed by atoms with Crippen molar-refractivity contribution >= 4 is 42.7 Å². The number of aliphatic hydroxyl groups excluding tert-OH is 1. The number of nitrogens with zero attached hydrogens (tertiary/aromatic N) is 4. The molecule has 2 aromatic heterocycles. The van der Waals surface area contributed by atoms with Gasteiger partial charge in [-0.3, -0.25) is 4.57 Å². The van der Waals surface area contributed by atoms with Crippen LogP contribution in [-0.2, 0) is 15.6 Å². The van der Waals surface area contributed by atoms with Crippen LogP contribution in [0.1, 0.15) is 25.8 Å². The summed E-state index contributed by atoms with van der Waals surface area (Å²) >= 11 is 0. The minimum Gasteiger partial charge on any atom is -0.391 e. The van der Waals surface area contributed by atoms with Gasteiger partial charge < -0.3 is 15.7 Å². The molecule has 11 heteroatoms. The van der Waals surface area contributed by atoms with E-state index in [0.29, 0.717) is 41.6 Å². The van der Waals surface area contributed by atoms with Gasteiger partial charge in [-0.1, -0.05) is 37.3 Å². The first-order valence-corrected chi connectivity index (χ1v) is 13.1. The maximum atomic E-state index is 11.6. The third kappa shape index (κ3) is 5.30. The molecule has 0 aliphatic carbocycles. The SMILES string of the molecule is CC[C@H](Nc1nc(NCc2ccccc2)c2ncn(-c3ccc(S(=O)(=O)Cl)cc3)c2n1)[C@@H](C)O. The second-order valence-corrected chi connectivity index (χ2v) is 10.4. The molecule has 0 unspecified atom stereocenters. The highest BCUT2D eigenvalue weighted by molar-refractivity contribution is 8.13. The number of hydrogen-bond donors (Lipinski definition) is 3. The molecule has 178 valence electrons. The summed E-state index contributed by atoms with van der Waals surface area (Å²) in [6, 6.07) is 15.8. The Kier molecular flexibility index (Phi) is 7.01. The molecule has 0 amide bonds. The van der Waals surface area contributed by atoms with E-state index in [2.05, 4.69) is 25.6 Å². The van der Waals surface area contributed by atoms with Gasteiger partial charge in [0, 0.05) is 22.9 Å². The van der Waals surface area contributed by atoms with Gasteiger partial charge >= 0.3 is 0 Å².